The van der Waals surface area contributed by atoms with Crippen molar-refractivity contribution >= 4 is 27.8 Å². The zero-order chi connectivity index (χ0) is 11.4. The quantitative estimate of drug-likeness (QED) is 0.748. The molecule has 80 valence electrons. The molecular formula is C13H15BrO. The van der Waals surface area contributed by atoms with Crippen molar-refractivity contribution in [3.05, 3.63) is 40.4 Å². The molecule has 1 aromatic rings. The minimum absolute atomic E-state index is 0.262. The van der Waals surface area contributed by atoms with Crippen LogP contribution in [0.1, 0.15) is 37.3 Å². The normalized spacial score (nSPS) is 12.2. The van der Waals surface area contributed by atoms with Gasteiger partial charge in [-0.15, -0.1) is 0 Å². The van der Waals surface area contributed by atoms with Crippen LogP contribution in [0.25, 0.3) is 5.57 Å². The summed E-state index contributed by atoms with van der Waals surface area (Å²) in [7, 11) is 0. The van der Waals surface area contributed by atoms with Crippen molar-refractivity contribution in [1.82, 2.24) is 0 Å². The van der Waals surface area contributed by atoms with Gasteiger partial charge in [0.2, 0.25) is 0 Å². The van der Waals surface area contributed by atoms with Gasteiger partial charge in [0.15, 0.2) is 0 Å². The van der Waals surface area contributed by atoms with Gasteiger partial charge in [-0.3, -0.25) is 0 Å². The lowest BCUT2D eigenvalue weighted by atomic mass is 9.95. The van der Waals surface area contributed by atoms with E-state index in [4.69, 9.17) is 0 Å². The molecule has 1 aromatic carbocycles. The predicted octanol–water partition coefficient (Wildman–Crippen LogP) is 4.17. The smallest absolute Gasteiger partial charge is 0.120 e. The molecule has 0 bridgehead atoms. The van der Waals surface area contributed by atoms with Crippen LogP contribution in [0.2, 0.25) is 0 Å². The standard InChI is InChI=1S/C13H15BrO/c1-9(2)11-6-12(8-13(14)7-11)10(3)4-5-15/h5-8,10H,1,4H2,2-3H3. The largest absolute Gasteiger partial charge is 0.303 e. The third-order valence-electron chi connectivity index (χ3n) is 2.43. The molecule has 0 aliphatic carbocycles. The molecular weight excluding hydrogens is 252 g/mol. The summed E-state index contributed by atoms with van der Waals surface area (Å²) in [6, 6.07) is 6.20. The van der Waals surface area contributed by atoms with Crippen LogP contribution < -0.4 is 0 Å². The fraction of sp³-hybridized carbons (Fsp3) is 0.308. The maximum atomic E-state index is 10.5. The van der Waals surface area contributed by atoms with Crippen molar-refractivity contribution < 1.29 is 4.79 Å². The van der Waals surface area contributed by atoms with E-state index in [2.05, 4.69) is 41.6 Å². The number of aldehydes is 1. The summed E-state index contributed by atoms with van der Waals surface area (Å²) in [5, 5.41) is 0. The highest BCUT2D eigenvalue weighted by molar-refractivity contribution is 9.10. The summed E-state index contributed by atoms with van der Waals surface area (Å²) in [6.07, 6.45) is 1.53. The molecule has 0 aliphatic heterocycles. The van der Waals surface area contributed by atoms with Gasteiger partial charge >= 0.3 is 0 Å². The van der Waals surface area contributed by atoms with E-state index in [0.717, 1.165) is 21.9 Å². The Bertz CT molecular complexity index is 382. The highest BCUT2D eigenvalue weighted by atomic mass is 79.9. The first-order valence-corrected chi connectivity index (χ1v) is 5.74. The first-order valence-electron chi connectivity index (χ1n) is 4.94. The van der Waals surface area contributed by atoms with Crippen LogP contribution in [-0.4, -0.2) is 6.29 Å². The summed E-state index contributed by atoms with van der Waals surface area (Å²) in [4.78, 5) is 10.5. The number of allylic oxidation sites excluding steroid dienone is 1. The van der Waals surface area contributed by atoms with E-state index < -0.39 is 0 Å². The number of benzene rings is 1. The van der Waals surface area contributed by atoms with Crippen molar-refractivity contribution in [3.63, 3.8) is 0 Å². The zero-order valence-electron chi connectivity index (χ0n) is 9.09. The maximum absolute atomic E-state index is 10.5. The lowest BCUT2D eigenvalue weighted by molar-refractivity contribution is -0.108. The third kappa shape index (κ3) is 3.31. The minimum atomic E-state index is 0.262. The second-order valence-corrected chi connectivity index (χ2v) is 4.77. The molecule has 0 saturated heterocycles. The van der Waals surface area contributed by atoms with Crippen LogP contribution in [0.15, 0.2) is 29.3 Å². The molecule has 2 heteroatoms. The predicted molar refractivity (Wildman–Crippen MR) is 67.9 cm³/mol. The summed E-state index contributed by atoms with van der Waals surface area (Å²) in [5.41, 5.74) is 3.34. The third-order valence-corrected chi connectivity index (χ3v) is 2.89. The summed E-state index contributed by atoms with van der Waals surface area (Å²) >= 11 is 3.47. The van der Waals surface area contributed by atoms with Gasteiger partial charge in [-0.05, 0) is 36.1 Å². The first kappa shape index (κ1) is 12.2. The average Bonchev–Trinajstić information content (AvgIpc) is 2.17. The second-order valence-electron chi connectivity index (χ2n) is 3.86. The van der Waals surface area contributed by atoms with Crippen LogP contribution in [0.4, 0.5) is 0 Å². The highest BCUT2D eigenvalue weighted by Crippen LogP contribution is 2.26. The molecule has 1 rings (SSSR count). The molecule has 0 amide bonds. The Labute approximate surface area is 99.3 Å². The SMILES string of the molecule is C=C(C)c1cc(Br)cc(C(C)CC=O)c1. The lowest BCUT2D eigenvalue weighted by Gasteiger charge is -2.11. The maximum Gasteiger partial charge on any atom is 0.120 e. The van der Waals surface area contributed by atoms with E-state index in [1.54, 1.807) is 0 Å². The minimum Gasteiger partial charge on any atom is -0.303 e. The number of halogens is 1. The average molecular weight is 267 g/mol. The molecule has 0 N–H and O–H groups in total. The summed E-state index contributed by atoms with van der Waals surface area (Å²) in [6.45, 7) is 7.96. The van der Waals surface area contributed by atoms with Gasteiger partial charge in [0.05, 0.1) is 0 Å². The van der Waals surface area contributed by atoms with E-state index in [0.29, 0.717) is 6.42 Å². The Balaban J connectivity index is 3.08. The van der Waals surface area contributed by atoms with Crippen LogP contribution >= 0.6 is 15.9 Å². The van der Waals surface area contributed by atoms with E-state index in [1.807, 2.05) is 13.0 Å². The van der Waals surface area contributed by atoms with Crippen molar-refractivity contribution in [2.45, 2.75) is 26.2 Å². The number of carbonyl (C=O) groups is 1. The van der Waals surface area contributed by atoms with Gasteiger partial charge in [0.25, 0.3) is 0 Å². The molecule has 0 radical (unpaired) electrons. The molecule has 1 nitrogen and oxygen atoms in total. The molecule has 15 heavy (non-hydrogen) atoms. The van der Waals surface area contributed by atoms with E-state index >= 15 is 0 Å². The number of rotatable bonds is 4. The van der Waals surface area contributed by atoms with Gasteiger partial charge < -0.3 is 4.79 Å². The van der Waals surface area contributed by atoms with Gasteiger partial charge in [-0.25, -0.2) is 0 Å². The molecule has 0 aliphatic rings. The Morgan fingerprint density at radius 3 is 2.73 bits per heavy atom. The van der Waals surface area contributed by atoms with Crippen molar-refractivity contribution in [2.24, 2.45) is 0 Å². The molecule has 1 atom stereocenters. The zero-order valence-corrected chi connectivity index (χ0v) is 10.7. The van der Waals surface area contributed by atoms with Crippen molar-refractivity contribution in [3.8, 4) is 0 Å². The Morgan fingerprint density at radius 1 is 1.53 bits per heavy atom. The van der Waals surface area contributed by atoms with Gasteiger partial charge in [-0.1, -0.05) is 41.1 Å². The van der Waals surface area contributed by atoms with Gasteiger partial charge in [-0.2, -0.15) is 0 Å². The second kappa shape index (κ2) is 5.26. The number of hydrogen-bond acceptors (Lipinski definition) is 1. The first-order chi connectivity index (χ1) is 7.04. The number of hydrogen-bond donors (Lipinski definition) is 0. The molecule has 0 fully saturated rings. The molecule has 0 saturated carbocycles. The van der Waals surface area contributed by atoms with E-state index in [9.17, 15) is 4.79 Å². The molecule has 1 unspecified atom stereocenters. The molecule has 0 spiro atoms. The Morgan fingerprint density at radius 2 is 2.20 bits per heavy atom. The van der Waals surface area contributed by atoms with Crippen LogP contribution in [-0.2, 0) is 4.79 Å². The van der Waals surface area contributed by atoms with Crippen LogP contribution in [0.3, 0.4) is 0 Å². The van der Waals surface area contributed by atoms with Crippen molar-refractivity contribution in [2.75, 3.05) is 0 Å². The Hall–Kier alpha value is -0.890. The lowest BCUT2D eigenvalue weighted by Crippen LogP contribution is -1.95. The van der Waals surface area contributed by atoms with E-state index in [-0.39, 0.29) is 5.92 Å². The van der Waals surface area contributed by atoms with Crippen LogP contribution in [0, 0.1) is 0 Å². The summed E-state index contributed by atoms with van der Waals surface area (Å²) < 4.78 is 1.04. The van der Waals surface area contributed by atoms with Gasteiger partial charge in [0.1, 0.15) is 6.29 Å². The topological polar surface area (TPSA) is 17.1 Å². The van der Waals surface area contributed by atoms with E-state index in [1.165, 1.54) is 5.56 Å². The summed E-state index contributed by atoms with van der Waals surface area (Å²) in [5.74, 6) is 0.262. The molecule has 0 heterocycles. The molecule has 0 aromatic heterocycles. The fourth-order valence-corrected chi connectivity index (χ4v) is 1.93. The van der Waals surface area contributed by atoms with Gasteiger partial charge in [0, 0.05) is 10.9 Å². The van der Waals surface area contributed by atoms with Crippen molar-refractivity contribution in [1.29, 1.82) is 0 Å². The monoisotopic (exact) mass is 266 g/mol. The fourth-order valence-electron chi connectivity index (χ4n) is 1.42. The van der Waals surface area contributed by atoms with Crippen LogP contribution in [0.5, 0.6) is 0 Å². The highest BCUT2D eigenvalue weighted by Gasteiger charge is 2.07. The number of carbonyl (C=O) groups excluding carboxylic acids is 1. The Kier molecular flexibility index (Phi) is 4.28.